The number of hydrogen-bond donors (Lipinski definition) is 1. The largest absolute Gasteiger partial charge is 0.394 e. The molecule has 2 heterocycles. The van der Waals surface area contributed by atoms with Crippen LogP contribution < -0.4 is 0 Å². The van der Waals surface area contributed by atoms with Crippen LogP contribution in [0.2, 0.25) is 0 Å². The lowest BCUT2D eigenvalue weighted by molar-refractivity contribution is 0.104. The van der Waals surface area contributed by atoms with Crippen LogP contribution in [0.25, 0.3) is 0 Å². The number of aliphatic hydroxyl groups is 1. The molecular weight excluding hydrogens is 246 g/mol. The molecule has 2 aromatic rings. The van der Waals surface area contributed by atoms with Crippen LogP contribution in [0.5, 0.6) is 0 Å². The van der Waals surface area contributed by atoms with Gasteiger partial charge in [-0.15, -0.1) is 11.3 Å². The van der Waals surface area contributed by atoms with Crippen LogP contribution in [0.1, 0.15) is 39.6 Å². The molecule has 1 N–H and O–H groups in total. The Morgan fingerprint density at radius 3 is 2.78 bits per heavy atom. The summed E-state index contributed by atoms with van der Waals surface area (Å²) >= 11 is 1.46. The summed E-state index contributed by atoms with van der Waals surface area (Å²) in [6, 6.07) is 5.63. The Bertz CT molecular complexity index is 555. The van der Waals surface area contributed by atoms with Crippen molar-refractivity contribution in [3.05, 3.63) is 45.4 Å². The predicted octanol–water partition coefficient (Wildman–Crippen LogP) is 2.95. The second kappa shape index (κ2) is 5.08. The molecule has 0 aromatic carbocycles. The zero-order valence-electron chi connectivity index (χ0n) is 10.8. The highest BCUT2D eigenvalue weighted by molar-refractivity contribution is 7.12. The summed E-state index contributed by atoms with van der Waals surface area (Å²) in [5.74, 6) is 0.0643. The van der Waals surface area contributed by atoms with E-state index in [2.05, 4.69) is 0 Å². The molecule has 0 amide bonds. The molecule has 0 fully saturated rings. The fourth-order valence-electron chi connectivity index (χ4n) is 2.31. The SMILES string of the molecule is Cc1cc(C(=O)c2cccs2)c(C)n1C(C)CO. The van der Waals surface area contributed by atoms with Gasteiger partial charge in [0.2, 0.25) is 5.78 Å². The van der Waals surface area contributed by atoms with Gasteiger partial charge in [-0.3, -0.25) is 4.79 Å². The average molecular weight is 263 g/mol. The minimum absolute atomic E-state index is 0.00474. The smallest absolute Gasteiger partial charge is 0.204 e. The first-order chi connectivity index (χ1) is 8.56. The number of aryl methyl sites for hydroxylation is 1. The van der Waals surface area contributed by atoms with Crippen molar-refractivity contribution in [2.75, 3.05) is 6.61 Å². The van der Waals surface area contributed by atoms with E-state index in [9.17, 15) is 9.90 Å². The molecule has 4 heteroatoms. The van der Waals surface area contributed by atoms with E-state index in [1.807, 2.05) is 48.9 Å². The molecular formula is C14H17NO2S. The number of hydrogen-bond acceptors (Lipinski definition) is 3. The molecule has 0 aliphatic carbocycles. The maximum atomic E-state index is 12.3. The third-order valence-corrected chi connectivity index (χ3v) is 4.05. The van der Waals surface area contributed by atoms with Gasteiger partial charge in [0.15, 0.2) is 0 Å². The Balaban J connectivity index is 2.45. The topological polar surface area (TPSA) is 42.2 Å². The van der Waals surface area contributed by atoms with Gasteiger partial charge in [0.25, 0.3) is 0 Å². The molecule has 0 saturated heterocycles. The Kier molecular flexibility index (Phi) is 3.68. The quantitative estimate of drug-likeness (QED) is 0.862. The number of thiophene rings is 1. The van der Waals surface area contributed by atoms with Crippen LogP contribution >= 0.6 is 11.3 Å². The summed E-state index contributed by atoms with van der Waals surface area (Å²) in [5, 5.41) is 11.2. The highest BCUT2D eigenvalue weighted by Crippen LogP contribution is 2.24. The molecule has 96 valence electrons. The van der Waals surface area contributed by atoms with E-state index in [0.29, 0.717) is 0 Å². The second-order valence-corrected chi connectivity index (χ2v) is 5.44. The zero-order chi connectivity index (χ0) is 13.3. The Labute approximate surface area is 111 Å². The Hall–Kier alpha value is -1.39. The first-order valence-electron chi connectivity index (χ1n) is 5.93. The maximum Gasteiger partial charge on any atom is 0.204 e. The lowest BCUT2D eigenvalue weighted by Crippen LogP contribution is -2.13. The predicted molar refractivity (Wildman–Crippen MR) is 73.5 cm³/mol. The minimum Gasteiger partial charge on any atom is -0.394 e. The molecule has 2 aromatic heterocycles. The molecule has 3 nitrogen and oxygen atoms in total. The minimum atomic E-state index is -0.00474. The monoisotopic (exact) mass is 263 g/mol. The number of rotatable bonds is 4. The molecule has 18 heavy (non-hydrogen) atoms. The van der Waals surface area contributed by atoms with Crippen molar-refractivity contribution < 1.29 is 9.90 Å². The molecule has 0 aliphatic heterocycles. The van der Waals surface area contributed by atoms with Crippen LogP contribution in [-0.2, 0) is 0 Å². The number of aromatic nitrogens is 1. The van der Waals surface area contributed by atoms with Gasteiger partial charge in [0, 0.05) is 17.0 Å². The van der Waals surface area contributed by atoms with Gasteiger partial charge < -0.3 is 9.67 Å². The Morgan fingerprint density at radius 2 is 2.22 bits per heavy atom. The van der Waals surface area contributed by atoms with Crippen LogP contribution in [0.4, 0.5) is 0 Å². The number of nitrogens with zero attached hydrogens (tertiary/aromatic N) is 1. The van der Waals surface area contributed by atoms with Gasteiger partial charge in [0.05, 0.1) is 17.5 Å². The van der Waals surface area contributed by atoms with Gasteiger partial charge in [-0.1, -0.05) is 6.07 Å². The summed E-state index contributed by atoms with van der Waals surface area (Å²) in [4.78, 5) is 13.1. The van der Waals surface area contributed by atoms with Crippen molar-refractivity contribution in [3.8, 4) is 0 Å². The lowest BCUT2D eigenvalue weighted by atomic mass is 10.1. The summed E-state index contributed by atoms with van der Waals surface area (Å²) in [7, 11) is 0. The van der Waals surface area contributed by atoms with Crippen LogP contribution in [0.15, 0.2) is 23.6 Å². The van der Waals surface area contributed by atoms with Crippen LogP contribution in [0.3, 0.4) is 0 Å². The van der Waals surface area contributed by atoms with Crippen molar-refractivity contribution >= 4 is 17.1 Å². The van der Waals surface area contributed by atoms with Crippen molar-refractivity contribution in [2.24, 2.45) is 0 Å². The van der Waals surface area contributed by atoms with Crippen molar-refractivity contribution in [3.63, 3.8) is 0 Å². The average Bonchev–Trinajstić information content (AvgIpc) is 2.96. The van der Waals surface area contributed by atoms with E-state index in [-0.39, 0.29) is 18.4 Å². The third kappa shape index (κ3) is 2.13. The normalized spacial score (nSPS) is 12.7. The molecule has 0 saturated carbocycles. The van der Waals surface area contributed by atoms with E-state index in [4.69, 9.17) is 0 Å². The highest BCUT2D eigenvalue weighted by atomic mass is 32.1. The Morgan fingerprint density at radius 1 is 1.50 bits per heavy atom. The van der Waals surface area contributed by atoms with Gasteiger partial charge >= 0.3 is 0 Å². The second-order valence-electron chi connectivity index (χ2n) is 4.49. The van der Waals surface area contributed by atoms with Crippen molar-refractivity contribution in [1.82, 2.24) is 4.57 Å². The summed E-state index contributed by atoms with van der Waals surface area (Å²) in [6.45, 7) is 5.91. The molecule has 1 unspecified atom stereocenters. The lowest BCUT2D eigenvalue weighted by Gasteiger charge is -2.15. The number of ketones is 1. The first kappa shape index (κ1) is 13.1. The molecule has 1 atom stereocenters. The fraction of sp³-hybridized carbons (Fsp3) is 0.357. The highest BCUT2D eigenvalue weighted by Gasteiger charge is 2.19. The van der Waals surface area contributed by atoms with E-state index < -0.39 is 0 Å². The maximum absolute atomic E-state index is 12.3. The third-order valence-electron chi connectivity index (χ3n) is 3.18. The van der Waals surface area contributed by atoms with Gasteiger partial charge in [-0.2, -0.15) is 0 Å². The molecule has 0 radical (unpaired) electrons. The van der Waals surface area contributed by atoms with E-state index in [1.54, 1.807) is 0 Å². The molecule has 0 aliphatic rings. The first-order valence-corrected chi connectivity index (χ1v) is 6.81. The fourth-order valence-corrected chi connectivity index (χ4v) is 2.99. The molecule has 0 spiro atoms. The molecule has 2 rings (SSSR count). The van der Waals surface area contributed by atoms with Crippen LogP contribution in [-0.4, -0.2) is 22.1 Å². The molecule has 0 bridgehead atoms. The number of carbonyl (C=O) groups is 1. The van der Waals surface area contributed by atoms with Gasteiger partial charge in [-0.05, 0) is 38.3 Å². The summed E-state index contributed by atoms with van der Waals surface area (Å²) < 4.78 is 2.01. The van der Waals surface area contributed by atoms with Gasteiger partial charge in [-0.25, -0.2) is 0 Å². The summed E-state index contributed by atoms with van der Waals surface area (Å²) in [5.41, 5.74) is 2.66. The van der Waals surface area contributed by atoms with Crippen LogP contribution in [0, 0.1) is 13.8 Å². The van der Waals surface area contributed by atoms with E-state index in [0.717, 1.165) is 21.8 Å². The summed E-state index contributed by atoms with van der Waals surface area (Å²) in [6.07, 6.45) is 0. The number of aliphatic hydroxyl groups excluding tert-OH is 1. The van der Waals surface area contributed by atoms with Crippen molar-refractivity contribution in [2.45, 2.75) is 26.8 Å². The number of carbonyl (C=O) groups excluding carboxylic acids is 1. The van der Waals surface area contributed by atoms with E-state index >= 15 is 0 Å². The van der Waals surface area contributed by atoms with Crippen molar-refractivity contribution in [1.29, 1.82) is 0 Å². The zero-order valence-corrected chi connectivity index (χ0v) is 11.6. The van der Waals surface area contributed by atoms with Gasteiger partial charge in [0.1, 0.15) is 0 Å². The standard InChI is InChI=1S/C14H17NO2S/c1-9-7-12(11(3)15(9)10(2)8-16)14(17)13-5-4-6-18-13/h4-7,10,16H,8H2,1-3H3. The van der Waals surface area contributed by atoms with E-state index in [1.165, 1.54) is 11.3 Å².